The highest BCUT2D eigenvalue weighted by Crippen LogP contribution is 2.22. The summed E-state index contributed by atoms with van der Waals surface area (Å²) in [5.41, 5.74) is 1.28. The average Bonchev–Trinajstić information content (AvgIpc) is 3.47. The Morgan fingerprint density at radius 2 is 1.13 bits per heavy atom. The van der Waals surface area contributed by atoms with Crippen LogP contribution in [0.3, 0.4) is 0 Å². The third-order valence-corrected chi connectivity index (χ3v) is 10.1. The number of hydrogen-bond acceptors (Lipinski definition) is 11. The molecular formula is C38H46N12O5. The Balaban J connectivity index is 0.000000169. The number of aromatic nitrogens is 8. The molecule has 0 amide bonds. The number of Topliss-reactive ketones (excluding diaryl/α,β-unsaturated/α-hetero) is 1. The van der Waals surface area contributed by atoms with E-state index in [1.54, 1.807) is 42.9 Å². The molecule has 0 bridgehead atoms. The third-order valence-electron chi connectivity index (χ3n) is 10.1. The molecule has 2 aromatic carbocycles. The molecule has 8 rings (SSSR count). The van der Waals surface area contributed by atoms with Crippen molar-refractivity contribution in [2.75, 3.05) is 62.2 Å². The SMILES string of the molecule is Cn1c(=O)[nH]c(=O)c2c1nc(N1CCCNCC1)n2CC(=O)c1ccccc1.Cn1c(=O)[nH]c(=O)c2c1nc(N1CCCNCC1)n2CCc1ccccc1. The molecule has 55 heavy (non-hydrogen) atoms. The lowest BCUT2D eigenvalue weighted by molar-refractivity contribution is 0.0973. The summed E-state index contributed by atoms with van der Waals surface area (Å²) >= 11 is 0. The predicted molar refractivity (Wildman–Crippen MR) is 212 cm³/mol. The average molecular weight is 751 g/mol. The number of aryl methyl sites for hydroxylation is 4. The first-order valence-corrected chi connectivity index (χ1v) is 18.6. The van der Waals surface area contributed by atoms with Gasteiger partial charge in [-0.25, -0.2) is 9.59 Å². The topological polar surface area (TPSA) is 193 Å². The molecule has 0 spiro atoms. The van der Waals surface area contributed by atoms with Crippen molar-refractivity contribution in [3.8, 4) is 0 Å². The second-order valence-corrected chi connectivity index (χ2v) is 13.7. The zero-order valence-corrected chi connectivity index (χ0v) is 31.1. The summed E-state index contributed by atoms with van der Waals surface area (Å²) in [5.74, 6) is 1.17. The number of ketones is 1. The largest absolute Gasteiger partial charge is 0.341 e. The van der Waals surface area contributed by atoms with Crippen LogP contribution < -0.4 is 42.9 Å². The molecule has 2 aliphatic heterocycles. The number of imidazole rings is 2. The van der Waals surface area contributed by atoms with Gasteiger partial charge in [0.15, 0.2) is 28.1 Å². The molecular weight excluding hydrogens is 704 g/mol. The van der Waals surface area contributed by atoms with Gasteiger partial charge in [-0.05, 0) is 37.9 Å². The lowest BCUT2D eigenvalue weighted by Crippen LogP contribution is -2.32. The molecule has 0 radical (unpaired) electrons. The van der Waals surface area contributed by atoms with E-state index >= 15 is 0 Å². The molecule has 0 unspecified atom stereocenters. The molecule has 0 atom stereocenters. The van der Waals surface area contributed by atoms with E-state index in [9.17, 15) is 24.0 Å². The van der Waals surface area contributed by atoms with E-state index in [0.29, 0.717) is 35.8 Å². The van der Waals surface area contributed by atoms with Crippen molar-refractivity contribution < 1.29 is 4.79 Å². The maximum Gasteiger partial charge on any atom is 0.329 e. The van der Waals surface area contributed by atoms with Gasteiger partial charge >= 0.3 is 11.4 Å². The quantitative estimate of drug-likeness (QED) is 0.159. The molecule has 288 valence electrons. The predicted octanol–water partition coefficient (Wildman–Crippen LogP) is 0.572. The van der Waals surface area contributed by atoms with Gasteiger partial charge in [0.05, 0.1) is 6.54 Å². The third kappa shape index (κ3) is 7.93. The summed E-state index contributed by atoms with van der Waals surface area (Å²) in [6.07, 6.45) is 2.72. The van der Waals surface area contributed by atoms with Gasteiger partial charge in [-0.15, -0.1) is 0 Å². The van der Waals surface area contributed by atoms with E-state index in [4.69, 9.17) is 4.98 Å². The van der Waals surface area contributed by atoms with E-state index in [0.717, 1.165) is 71.0 Å². The van der Waals surface area contributed by atoms with Crippen LogP contribution in [0, 0.1) is 0 Å². The number of hydrogen-bond donors (Lipinski definition) is 4. The van der Waals surface area contributed by atoms with Crippen LogP contribution >= 0.6 is 0 Å². The number of anilines is 2. The standard InChI is InChI=1S/C19H22N6O3.C19H24N6O2/c1-23-16-15(17(27)22-19(23)28)25(12-14(26)13-6-3-2-4-7-13)18(21-16)24-10-5-8-20-9-11-24;1-23-16-15(17(26)22-19(23)27)25(12-8-14-6-3-2-4-7-14)18(21-16)24-11-5-9-20-10-13-24/h2-4,6-7,20H,5,8-12H2,1H3,(H,22,27,28);2-4,6-7,20H,5,8-13H2,1H3,(H,22,26,27). The van der Waals surface area contributed by atoms with Gasteiger partial charge in [0.1, 0.15) is 0 Å². The van der Waals surface area contributed by atoms with E-state index < -0.39 is 16.9 Å². The van der Waals surface area contributed by atoms with Crippen molar-refractivity contribution in [3.63, 3.8) is 0 Å². The zero-order chi connectivity index (χ0) is 38.5. The Bertz CT molecular complexity index is 2510. The molecule has 17 nitrogen and oxygen atoms in total. The maximum atomic E-state index is 12.9. The van der Waals surface area contributed by atoms with E-state index in [-0.39, 0.29) is 29.1 Å². The van der Waals surface area contributed by atoms with Gasteiger partial charge < -0.3 is 25.0 Å². The summed E-state index contributed by atoms with van der Waals surface area (Å²) in [6, 6.07) is 19.1. The van der Waals surface area contributed by atoms with Gasteiger partial charge in [0, 0.05) is 65.5 Å². The number of carbonyl (C=O) groups excluding carboxylic acids is 1. The molecule has 2 saturated heterocycles. The maximum absolute atomic E-state index is 12.9. The minimum absolute atomic E-state index is 0.0267. The van der Waals surface area contributed by atoms with Crippen molar-refractivity contribution in [1.29, 1.82) is 0 Å². The summed E-state index contributed by atoms with van der Waals surface area (Å²) in [4.78, 5) is 80.4. The zero-order valence-electron chi connectivity index (χ0n) is 31.1. The highest BCUT2D eigenvalue weighted by atomic mass is 16.2. The number of nitrogens with one attached hydrogen (secondary N) is 4. The fraction of sp³-hybridized carbons (Fsp3) is 0.395. The van der Waals surface area contributed by atoms with Gasteiger partial charge in [-0.1, -0.05) is 60.7 Å². The van der Waals surface area contributed by atoms with Gasteiger partial charge in [-0.3, -0.25) is 38.1 Å². The number of fused-ring (bicyclic) bond motifs is 2. The molecule has 2 aliphatic rings. The highest BCUT2D eigenvalue weighted by Gasteiger charge is 2.25. The minimum atomic E-state index is -0.536. The van der Waals surface area contributed by atoms with Crippen molar-refractivity contribution in [1.82, 2.24) is 48.8 Å². The molecule has 2 fully saturated rings. The molecule has 0 aliphatic carbocycles. The minimum Gasteiger partial charge on any atom is -0.341 e. The second-order valence-electron chi connectivity index (χ2n) is 13.7. The number of rotatable bonds is 8. The van der Waals surface area contributed by atoms with E-state index in [2.05, 4.69) is 47.5 Å². The summed E-state index contributed by atoms with van der Waals surface area (Å²) in [6.45, 7) is 7.27. The Morgan fingerprint density at radius 3 is 1.67 bits per heavy atom. The lowest BCUT2D eigenvalue weighted by Gasteiger charge is -2.22. The second kappa shape index (κ2) is 16.5. The van der Waals surface area contributed by atoms with Crippen molar-refractivity contribution in [2.45, 2.75) is 32.4 Å². The smallest absolute Gasteiger partial charge is 0.329 e. The molecule has 6 heterocycles. The van der Waals surface area contributed by atoms with E-state index in [1.807, 2.05) is 28.8 Å². The van der Waals surface area contributed by atoms with Crippen LogP contribution in [0.1, 0.15) is 28.8 Å². The van der Waals surface area contributed by atoms with Gasteiger partial charge in [-0.2, -0.15) is 9.97 Å². The first kappa shape index (κ1) is 37.3. The van der Waals surface area contributed by atoms with Crippen LogP contribution in [0.25, 0.3) is 22.3 Å². The molecule has 0 saturated carbocycles. The molecule has 6 aromatic rings. The van der Waals surface area contributed by atoms with Crippen LogP contribution in [0.2, 0.25) is 0 Å². The number of carbonyl (C=O) groups is 1. The van der Waals surface area contributed by atoms with Crippen LogP contribution in [-0.4, -0.2) is 96.3 Å². The Kier molecular flexibility index (Phi) is 11.2. The fourth-order valence-electron chi connectivity index (χ4n) is 7.13. The first-order chi connectivity index (χ1) is 26.7. The van der Waals surface area contributed by atoms with Crippen LogP contribution in [0.5, 0.6) is 0 Å². The van der Waals surface area contributed by atoms with Crippen LogP contribution in [-0.2, 0) is 33.6 Å². The Hall–Kier alpha value is -6.07. The first-order valence-electron chi connectivity index (χ1n) is 18.6. The van der Waals surface area contributed by atoms with Crippen LogP contribution in [0.4, 0.5) is 11.9 Å². The van der Waals surface area contributed by atoms with Crippen molar-refractivity contribution >= 4 is 40.0 Å². The number of H-pyrrole nitrogens is 2. The van der Waals surface area contributed by atoms with Crippen molar-refractivity contribution in [2.24, 2.45) is 14.1 Å². The molecule has 4 aromatic heterocycles. The highest BCUT2D eigenvalue weighted by molar-refractivity contribution is 5.97. The lowest BCUT2D eigenvalue weighted by atomic mass is 10.1. The number of benzene rings is 2. The summed E-state index contributed by atoms with van der Waals surface area (Å²) in [7, 11) is 3.20. The van der Waals surface area contributed by atoms with Gasteiger partial charge in [0.25, 0.3) is 11.1 Å². The molecule has 4 N–H and O–H groups in total. The van der Waals surface area contributed by atoms with E-state index in [1.165, 1.54) is 14.7 Å². The summed E-state index contributed by atoms with van der Waals surface area (Å²) < 4.78 is 6.31. The van der Waals surface area contributed by atoms with Crippen molar-refractivity contribution in [3.05, 3.63) is 113 Å². The normalized spacial score (nSPS) is 15.1. The summed E-state index contributed by atoms with van der Waals surface area (Å²) in [5, 5.41) is 6.72. The Labute approximate surface area is 315 Å². The van der Waals surface area contributed by atoms with Gasteiger partial charge in [0.2, 0.25) is 11.9 Å². The van der Waals surface area contributed by atoms with Crippen LogP contribution in [0.15, 0.2) is 79.8 Å². The number of nitrogens with zero attached hydrogens (tertiary/aromatic N) is 8. The monoisotopic (exact) mass is 750 g/mol. The Morgan fingerprint density at radius 1 is 0.636 bits per heavy atom. The fourth-order valence-corrected chi connectivity index (χ4v) is 7.13. The molecule has 17 heteroatoms. The number of aromatic amines is 2.